The molecule has 0 atom stereocenters. The molecule has 3 nitrogen and oxygen atoms in total. The van der Waals surface area contributed by atoms with Crippen molar-refractivity contribution in [3.63, 3.8) is 0 Å². The summed E-state index contributed by atoms with van der Waals surface area (Å²) in [6, 6.07) is 63.5. The lowest BCUT2D eigenvalue weighted by Crippen LogP contribution is -2.17. The van der Waals surface area contributed by atoms with E-state index >= 15 is 0 Å². The van der Waals surface area contributed by atoms with Crippen molar-refractivity contribution in [3.8, 4) is 11.1 Å². The van der Waals surface area contributed by atoms with Crippen LogP contribution in [0.15, 0.2) is 176 Å². The molecule has 2 heterocycles. The van der Waals surface area contributed by atoms with Crippen molar-refractivity contribution in [2.75, 3.05) is 9.80 Å². The first-order chi connectivity index (χ1) is 31.3. The molecule has 3 heteroatoms. The molecule has 0 N–H and O–H groups in total. The lowest BCUT2D eigenvalue weighted by atomic mass is 9.80. The smallest absolute Gasteiger partial charge is 0.0620 e. The number of para-hydroxylation sites is 1. The summed E-state index contributed by atoms with van der Waals surface area (Å²) >= 11 is 0. The number of fused-ring (bicyclic) bond motifs is 11. The fraction of sp³-hybridized carbons (Fsp3) is 0.119. The molecule has 9 aromatic carbocycles. The van der Waals surface area contributed by atoms with Crippen LogP contribution in [0.5, 0.6) is 0 Å². The van der Waals surface area contributed by atoms with E-state index in [1.54, 1.807) is 12.1 Å². The number of rotatable bonds is 6. The molecule has 0 radical (unpaired) electrons. The Balaban J connectivity index is 1.02. The van der Waals surface area contributed by atoms with Gasteiger partial charge < -0.3 is 14.2 Å². The minimum absolute atomic E-state index is 0.261. The minimum atomic E-state index is -2.17. The standard InChI is InChI=1S/C59H47N3/c1-36-10-19-41(20-11-36)60(42-21-12-37(2)13-22-42)45-27-30-47-49-29-18-40-32-55-53(35-52(40)57(49)59(5,6)54(47)33-45)51-9-7-8-50-48-31-28-46(34-56(48)62(55)58(50)51)61(43-23-14-38(3)15-24-43)44-25-16-39(4)17-26-44/h7-35H,1-6H3/i3D3. The maximum absolute atomic E-state index is 7.99. The van der Waals surface area contributed by atoms with E-state index in [1.165, 1.54) is 82.3 Å². The first kappa shape index (κ1) is 33.4. The van der Waals surface area contributed by atoms with Gasteiger partial charge in [0, 0.05) is 65.2 Å². The van der Waals surface area contributed by atoms with E-state index in [1.807, 2.05) is 12.1 Å². The minimum Gasteiger partial charge on any atom is -0.310 e. The third kappa shape index (κ3) is 5.37. The zero-order chi connectivity index (χ0) is 44.5. The van der Waals surface area contributed by atoms with Gasteiger partial charge in [-0.3, -0.25) is 0 Å². The molecule has 0 saturated heterocycles. The van der Waals surface area contributed by atoms with Gasteiger partial charge in [-0.1, -0.05) is 127 Å². The van der Waals surface area contributed by atoms with Crippen LogP contribution >= 0.6 is 0 Å². The van der Waals surface area contributed by atoms with Gasteiger partial charge in [-0.15, -0.1) is 0 Å². The largest absolute Gasteiger partial charge is 0.310 e. The van der Waals surface area contributed by atoms with Crippen molar-refractivity contribution in [1.82, 2.24) is 4.40 Å². The van der Waals surface area contributed by atoms with Crippen LogP contribution in [-0.2, 0) is 5.41 Å². The zero-order valence-electron chi connectivity index (χ0n) is 38.6. The van der Waals surface area contributed by atoms with Crippen LogP contribution in [0.4, 0.5) is 34.1 Å². The Labute approximate surface area is 367 Å². The SMILES string of the molecule is [2H]C([2H])([2H])c1ccc(N(c2ccc(C)cc2)c2ccc3c4cccc5c6cc7c8c(ccc7cc6n(c3c2)c45)-c2ccc(N(c3ccc(C)cc3)c3ccc(C)cc3)cc2C8(C)C)cc1. The molecule has 12 rings (SSSR count). The third-order valence-electron chi connectivity index (χ3n) is 13.5. The Kier molecular flexibility index (Phi) is 7.17. The zero-order valence-corrected chi connectivity index (χ0v) is 35.6. The Morgan fingerprint density at radius 1 is 0.419 bits per heavy atom. The molecule has 0 fully saturated rings. The predicted octanol–water partition coefficient (Wildman–Crippen LogP) is 16.5. The summed E-state index contributed by atoms with van der Waals surface area (Å²) in [5.74, 6) is 0. The summed E-state index contributed by atoms with van der Waals surface area (Å²) in [5, 5.41) is 7.42. The summed E-state index contributed by atoms with van der Waals surface area (Å²) in [6.45, 7) is 8.99. The molecule has 0 bridgehead atoms. The molecular formula is C59H47N3. The lowest BCUT2D eigenvalue weighted by Gasteiger charge is -2.28. The molecule has 11 aromatic rings. The van der Waals surface area contributed by atoms with E-state index in [0.29, 0.717) is 5.56 Å². The number of nitrogens with zero attached hydrogens (tertiary/aromatic N) is 3. The average molecular weight is 801 g/mol. The lowest BCUT2D eigenvalue weighted by molar-refractivity contribution is 0.666. The Hall–Kier alpha value is -7.36. The Bertz CT molecular complexity index is 3630. The van der Waals surface area contributed by atoms with Crippen LogP contribution in [0.1, 0.15) is 51.3 Å². The van der Waals surface area contributed by atoms with Crippen molar-refractivity contribution in [1.29, 1.82) is 0 Å². The summed E-state index contributed by atoms with van der Waals surface area (Å²) in [5.41, 5.74) is 18.9. The van der Waals surface area contributed by atoms with Crippen molar-refractivity contribution in [2.24, 2.45) is 0 Å². The van der Waals surface area contributed by atoms with Gasteiger partial charge in [-0.25, -0.2) is 0 Å². The molecule has 298 valence electrons. The van der Waals surface area contributed by atoms with E-state index in [2.05, 4.69) is 200 Å². The molecule has 0 aliphatic heterocycles. The third-order valence-corrected chi connectivity index (χ3v) is 13.5. The Morgan fingerprint density at radius 3 is 1.48 bits per heavy atom. The molecule has 0 spiro atoms. The summed E-state index contributed by atoms with van der Waals surface area (Å²) < 4.78 is 26.4. The number of hydrogen-bond acceptors (Lipinski definition) is 2. The maximum Gasteiger partial charge on any atom is 0.0620 e. The topological polar surface area (TPSA) is 10.9 Å². The van der Waals surface area contributed by atoms with Gasteiger partial charge in [0.2, 0.25) is 0 Å². The highest BCUT2D eigenvalue weighted by Gasteiger charge is 2.38. The second-order valence-corrected chi connectivity index (χ2v) is 17.9. The normalized spacial score (nSPS) is 14.0. The number of anilines is 6. The first-order valence-corrected chi connectivity index (χ1v) is 21.6. The van der Waals surface area contributed by atoms with Gasteiger partial charge in [-0.05, 0) is 146 Å². The van der Waals surface area contributed by atoms with E-state index in [0.717, 1.165) is 39.6 Å². The fourth-order valence-corrected chi connectivity index (χ4v) is 10.5. The molecule has 62 heavy (non-hydrogen) atoms. The molecule has 2 aromatic heterocycles. The van der Waals surface area contributed by atoms with Crippen LogP contribution in [0.3, 0.4) is 0 Å². The second kappa shape index (κ2) is 13.3. The molecule has 0 saturated carbocycles. The highest BCUT2D eigenvalue weighted by molar-refractivity contribution is 6.25. The van der Waals surface area contributed by atoms with Gasteiger partial charge in [0.15, 0.2) is 0 Å². The summed E-state index contributed by atoms with van der Waals surface area (Å²) in [7, 11) is 0. The Morgan fingerprint density at radius 2 is 0.903 bits per heavy atom. The van der Waals surface area contributed by atoms with Crippen molar-refractivity contribution < 1.29 is 4.11 Å². The predicted molar refractivity (Wildman–Crippen MR) is 264 cm³/mol. The van der Waals surface area contributed by atoms with Crippen LogP contribution in [0.2, 0.25) is 0 Å². The number of aryl methyl sites for hydroxylation is 4. The maximum atomic E-state index is 7.99. The first-order valence-electron chi connectivity index (χ1n) is 23.1. The highest BCUT2D eigenvalue weighted by atomic mass is 15.1. The van der Waals surface area contributed by atoms with Crippen LogP contribution in [-0.4, -0.2) is 4.40 Å². The fourth-order valence-electron chi connectivity index (χ4n) is 10.5. The quantitative estimate of drug-likeness (QED) is 0.166. The van der Waals surface area contributed by atoms with Gasteiger partial charge in [0.05, 0.1) is 16.6 Å². The van der Waals surface area contributed by atoms with Crippen molar-refractivity contribution in [3.05, 3.63) is 209 Å². The molecular weight excluding hydrogens is 751 g/mol. The van der Waals surface area contributed by atoms with Crippen LogP contribution in [0.25, 0.3) is 60.0 Å². The average Bonchev–Trinajstić information content (AvgIpc) is 3.89. The molecule has 1 aliphatic rings. The van der Waals surface area contributed by atoms with Crippen LogP contribution in [0, 0.1) is 27.6 Å². The van der Waals surface area contributed by atoms with E-state index in [9.17, 15) is 0 Å². The highest BCUT2D eigenvalue weighted by Crippen LogP contribution is 2.54. The monoisotopic (exact) mass is 800 g/mol. The summed E-state index contributed by atoms with van der Waals surface area (Å²) in [6.07, 6.45) is 0. The second-order valence-electron chi connectivity index (χ2n) is 17.9. The van der Waals surface area contributed by atoms with E-state index in [-0.39, 0.29) is 5.41 Å². The number of benzene rings is 9. The number of hydrogen-bond donors (Lipinski definition) is 0. The van der Waals surface area contributed by atoms with E-state index in [4.69, 9.17) is 4.11 Å². The van der Waals surface area contributed by atoms with E-state index < -0.39 is 6.85 Å². The van der Waals surface area contributed by atoms with Crippen molar-refractivity contribution >= 4 is 83.0 Å². The molecule has 0 unspecified atom stereocenters. The summed E-state index contributed by atoms with van der Waals surface area (Å²) in [4.78, 5) is 4.60. The van der Waals surface area contributed by atoms with Gasteiger partial charge in [-0.2, -0.15) is 0 Å². The molecule has 1 aliphatic carbocycles. The number of aromatic nitrogens is 1. The van der Waals surface area contributed by atoms with Gasteiger partial charge in [0.25, 0.3) is 0 Å². The van der Waals surface area contributed by atoms with Gasteiger partial charge in [0.1, 0.15) is 0 Å². The van der Waals surface area contributed by atoms with Gasteiger partial charge >= 0.3 is 0 Å². The molecule has 0 amide bonds. The van der Waals surface area contributed by atoms with Crippen LogP contribution < -0.4 is 9.80 Å². The van der Waals surface area contributed by atoms with Crippen molar-refractivity contribution in [2.45, 2.75) is 46.9 Å².